The van der Waals surface area contributed by atoms with Crippen LogP contribution in [0.1, 0.15) is 17.1 Å². The van der Waals surface area contributed by atoms with Gasteiger partial charge in [0.25, 0.3) is 0 Å². The first-order valence-corrected chi connectivity index (χ1v) is 5.99. The second-order valence-electron chi connectivity index (χ2n) is 4.01. The molecule has 0 bridgehead atoms. The third-order valence-electron chi connectivity index (χ3n) is 2.62. The number of pyridine rings is 1. The van der Waals surface area contributed by atoms with E-state index in [0.29, 0.717) is 5.88 Å². The van der Waals surface area contributed by atoms with Gasteiger partial charge in [0.1, 0.15) is 11.5 Å². The minimum absolute atomic E-state index is 0.463. The van der Waals surface area contributed by atoms with Crippen LogP contribution in [0.5, 0.6) is 0 Å². The molecule has 2 rings (SSSR count). The second-order valence-corrected chi connectivity index (χ2v) is 4.27. The lowest BCUT2D eigenvalue weighted by atomic mass is 10.2. The van der Waals surface area contributed by atoms with Crippen molar-refractivity contribution in [1.29, 1.82) is 0 Å². The number of anilines is 1. The molecule has 0 unspecified atom stereocenters. The zero-order valence-electron chi connectivity index (χ0n) is 9.98. The first-order valence-electron chi connectivity index (χ1n) is 5.46. The zero-order chi connectivity index (χ0) is 12.3. The fourth-order valence-corrected chi connectivity index (χ4v) is 1.99. The summed E-state index contributed by atoms with van der Waals surface area (Å²) in [6.07, 6.45) is 3.57. The van der Waals surface area contributed by atoms with Gasteiger partial charge >= 0.3 is 0 Å². The number of aryl methyl sites for hydroxylation is 1. The van der Waals surface area contributed by atoms with Gasteiger partial charge in [-0.15, -0.1) is 11.6 Å². The molecule has 0 fully saturated rings. The van der Waals surface area contributed by atoms with Crippen LogP contribution < -0.4 is 4.90 Å². The van der Waals surface area contributed by atoms with Gasteiger partial charge in [0.05, 0.1) is 12.4 Å². The van der Waals surface area contributed by atoms with Gasteiger partial charge in [-0.2, -0.15) is 0 Å². The Morgan fingerprint density at radius 2 is 2.18 bits per heavy atom. The highest BCUT2D eigenvalue weighted by Gasteiger charge is 2.09. The van der Waals surface area contributed by atoms with Crippen LogP contribution in [0, 0.1) is 6.92 Å². The van der Waals surface area contributed by atoms with E-state index < -0.39 is 0 Å². The van der Waals surface area contributed by atoms with Gasteiger partial charge in [0.15, 0.2) is 0 Å². The van der Waals surface area contributed by atoms with E-state index in [1.165, 1.54) is 0 Å². The smallest absolute Gasteiger partial charge is 0.123 e. The average molecular weight is 251 g/mol. The van der Waals surface area contributed by atoms with Crippen molar-refractivity contribution in [3.05, 3.63) is 47.7 Å². The summed E-state index contributed by atoms with van der Waals surface area (Å²) in [5.74, 6) is 2.34. The molecule has 0 aliphatic rings. The third kappa shape index (κ3) is 2.80. The number of furan rings is 1. The van der Waals surface area contributed by atoms with Crippen molar-refractivity contribution >= 4 is 17.3 Å². The number of alkyl halides is 1. The molecule has 0 radical (unpaired) electrons. The summed E-state index contributed by atoms with van der Waals surface area (Å²) in [5, 5.41) is 0. The molecule has 0 saturated heterocycles. The highest BCUT2D eigenvalue weighted by Crippen LogP contribution is 2.22. The van der Waals surface area contributed by atoms with Crippen molar-refractivity contribution < 1.29 is 4.42 Å². The number of aromatic nitrogens is 1. The molecular weight excluding hydrogens is 236 g/mol. The van der Waals surface area contributed by atoms with Crippen LogP contribution in [-0.4, -0.2) is 12.0 Å². The minimum atomic E-state index is 0.463. The Balaban J connectivity index is 2.16. The molecule has 17 heavy (non-hydrogen) atoms. The van der Waals surface area contributed by atoms with Crippen LogP contribution in [0.25, 0.3) is 0 Å². The monoisotopic (exact) mass is 250 g/mol. The second kappa shape index (κ2) is 5.23. The Hall–Kier alpha value is -1.48. The van der Waals surface area contributed by atoms with Crippen molar-refractivity contribution in [3.8, 4) is 0 Å². The van der Waals surface area contributed by atoms with Gasteiger partial charge < -0.3 is 9.32 Å². The van der Waals surface area contributed by atoms with E-state index in [4.69, 9.17) is 16.0 Å². The minimum Gasteiger partial charge on any atom is -0.464 e. The lowest BCUT2D eigenvalue weighted by molar-refractivity contribution is 0.481. The maximum atomic E-state index is 5.89. The van der Waals surface area contributed by atoms with Crippen LogP contribution in [0.3, 0.4) is 0 Å². The highest BCUT2D eigenvalue weighted by molar-refractivity contribution is 6.17. The summed E-state index contributed by atoms with van der Waals surface area (Å²) in [7, 11) is 2.02. The van der Waals surface area contributed by atoms with Gasteiger partial charge in [0.2, 0.25) is 0 Å². The molecule has 0 aromatic carbocycles. The van der Waals surface area contributed by atoms with Gasteiger partial charge in [-0.1, -0.05) is 0 Å². The Labute approximate surface area is 106 Å². The number of hydrogen-bond donors (Lipinski definition) is 0. The molecule has 2 aromatic heterocycles. The highest BCUT2D eigenvalue weighted by atomic mass is 35.5. The van der Waals surface area contributed by atoms with E-state index in [0.717, 1.165) is 29.3 Å². The maximum absolute atomic E-state index is 5.89. The third-order valence-corrected chi connectivity index (χ3v) is 2.91. The largest absolute Gasteiger partial charge is 0.464 e. The van der Waals surface area contributed by atoms with Crippen molar-refractivity contribution in [2.75, 3.05) is 11.9 Å². The first kappa shape index (κ1) is 12.0. The molecule has 3 nitrogen and oxygen atoms in total. The molecule has 2 heterocycles. The van der Waals surface area contributed by atoms with Crippen LogP contribution >= 0.6 is 11.6 Å². The lowest BCUT2D eigenvalue weighted by Gasteiger charge is -2.20. The molecular formula is C13H15ClN2O. The van der Waals surface area contributed by atoms with Gasteiger partial charge in [-0.25, -0.2) is 0 Å². The SMILES string of the molecule is Cc1ccc(CN(C)c2ccncc2CCl)o1. The molecule has 0 aliphatic carbocycles. The van der Waals surface area contributed by atoms with E-state index in [1.54, 1.807) is 12.4 Å². The summed E-state index contributed by atoms with van der Waals surface area (Å²) in [6.45, 7) is 2.67. The molecule has 0 saturated carbocycles. The quantitative estimate of drug-likeness (QED) is 0.780. The van der Waals surface area contributed by atoms with Gasteiger partial charge in [-0.3, -0.25) is 4.98 Å². The van der Waals surface area contributed by atoms with Crippen molar-refractivity contribution in [2.45, 2.75) is 19.3 Å². The van der Waals surface area contributed by atoms with Crippen molar-refractivity contribution in [3.63, 3.8) is 0 Å². The maximum Gasteiger partial charge on any atom is 0.123 e. The van der Waals surface area contributed by atoms with Crippen LogP contribution in [0.2, 0.25) is 0 Å². The number of halogens is 1. The molecule has 0 atom stereocenters. The molecule has 0 amide bonds. The molecule has 2 aromatic rings. The standard InChI is InChI=1S/C13H15ClN2O/c1-10-3-4-12(17-10)9-16(2)13-5-6-15-8-11(13)7-14/h3-6,8H,7,9H2,1-2H3. The predicted molar refractivity (Wildman–Crippen MR) is 69.3 cm³/mol. The average Bonchev–Trinajstić information content (AvgIpc) is 2.74. The van der Waals surface area contributed by atoms with E-state index in [9.17, 15) is 0 Å². The van der Waals surface area contributed by atoms with Crippen molar-refractivity contribution in [1.82, 2.24) is 4.98 Å². The molecule has 4 heteroatoms. The molecule has 0 spiro atoms. The number of nitrogens with zero attached hydrogens (tertiary/aromatic N) is 2. The van der Waals surface area contributed by atoms with Crippen LogP contribution in [0.4, 0.5) is 5.69 Å². The predicted octanol–water partition coefficient (Wildman–Crippen LogP) is 3.36. The molecule has 0 N–H and O–H groups in total. The molecule has 0 aliphatic heterocycles. The fourth-order valence-electron chi connectivity index (χ4n) is 1.78. The summed E-state index contributed by atoms with van der Waals surface area (Å²) < 4.78 is 5.56. The summed E-state index contributed by atoms with van der Waals surface area (Å²) >= 11 is 5.89. The van der Waals surface area contributed by atoms with E-state index in [2.05, 4.69) is 9.88 Å². The topological polar surface area (TPSA) is 29.3 Å². The summed E-state index contributed by atoms with van der Waals surface area (Å²) in [5.41, 5.74) is 2.11. The van der Waals surface area contributed by atoms with E-state index >= 15 is 0 Å². The number of rotatable bonds is 4. The first-order chi connectivity index (χ1) is 8.20. The van der Waals surface area contributed by atoms with Crippen LogP contribution in [0.15, 0.2) is 35.0 Å². The molecule has 90 valence electrons. The van der Waals surface area contributed by atoms with E-state index in [-0.39, 0.29) is 0 Å². The normalized spacial score (nSPS) is 10.5. The summed E-state index contributed by atoms with van der Waals surface area (Å²) in [6, 6.07) is 5.93. The zero-order valence-corrected chi connectivity index (χ0v) is 10.7. The lowest BCUT2D eigenvalue weighted by Crippen LogP contribution is -2.17. The number of hydrogen-bond acceptors (Lipinski definition) is 3. The Kier molecular flexibility index (Phi) is 3.69. The Morgan fingerprint density at radius 3 is 2.82 bits per heavy atom. The summed E-state index contributed by atoms with van der Waals surface area (Å²) in [4.78, 5) is 6.18. The van der Waals surface area contributed by atoms with Crippen LogP contribution in [-0.2, 0) is 12.4 Å². The Bertz CT molecular complexity index is 496. The van der Waals surface area contributed by atoms with Crippen molar-refractivity contribution in [2.24, 2.45) is 0 Å². The van der Waals surface area contributed by atoms with Gasteiger partial charge in [-0.05, 0) is 25.1 Å². The van der Waals surface area contributed by atoms with E-state index in [1.807, 2.05) is 32.2 Å². The fraction of sp³-hybridized carbons (Fsp3) is 0.308. The Morgan fingerprint density at radius 1 is 1.35 bits per heavy atom. The van der Waals surface area contributed by atoms with Gasteiger partial charge in [0, 0.05) is 30.7 Å².